The molecule has 0 atom stereocenters. The van der Waals surface area contributed by atoms with Crippen LogP contribution in [0.2, 0.25) is 0 Å². The van der Waals surface area contributed by atoms with E-state index in [9.17, 15) is 30.3 Å². The molecular formula is C20H26FNO6S3. The Labute approximate surface area is 184 Å². The highest BCUT2D eigenvalue weighted by Gasteiger charge is 2.30. The Morgan fingerprint density at radius 1 is 0.968 bits per heavy atom. The third-order valence-electron chi connectivity index (χ3n) is 5.24. The van der Waals surface area contributed by atoms with E-state index < -0.39 is 42.3 Å². The second-order valence-corrected chi connectivity index (χ2v) is 14.0. The molecule has 31 heavy (non-hydrogen) atoms. The average Bonchev–Trinajstić information content (AvgIpc) is 2.69. The highest BCUT2D eigenvalue weighted by molar-refractivity contribution is 8.24. The van der Waals surface area contributed by atoms with Gasteiger partial charge in [-0.05, 0) is 60.7 Å². The standard InChI is InChI=1S/C20H26FNO6S3/c1-14(2)19-8-7-18(30(25,26)17-5-3-15(21)4-6-17)13-20(19)31(27,28)22-16-9-11-29(23,24)12-10-16/h3-8,13-14,16,22-24H,9-12H2,1-2H3. The molecule has 2 aromatic carbocycles. The van der Waals surface area contributed by atoms with E-state index >= 15 is 0 Å². The van der Waals surface area contributed by atoms with Gasteiger partial charge in [0, 0.05) is 17.5 Å². The van der Waals surface area contributed by atoms with Gasteiger partial charge < -0.3 is 0 Å². The highest BCUT2D eigenvalue weighted by atomic mass is 32.3. The van der Waals surface area contributed by atoms with Crippen molar-refractivity contribution in [3.63, 3.8) is 0 Å². The Kier molecular flexibility index (Phi) is 6.85. The van der Waals surface area contributed by atoms with E-state index in [1.807, 2.05) is 0 Å². The molecule has 2 aromatic rings. The van der Waals surface area contributed by atoms with Gasteiger partial charge in [0.25, 0.3) is 0 Å². The molecule has 7 nitrogen and oxygen atoms in total. The quantitative estimate of drug-likeness (QED) is 0.526. The summed E-state index contributed by atoms with van der Waals surface area (Å²) in [6.45, 7) is 3.61. The number of rotatable bonds is 6. The molecule has 0 unspecified atom stereocenters. The summed E-state index contributed by atoms with van der Waals surface area (Å²) in [5.74, 6) is -0.523. The average molecular weight is 492 g/mol. The highest BCUT2D eigenvalue weighted by Crippen LogP contribution is 2.44. The summed E-state index contributed by atoms with van der Waals surface area (Å²) in [4.78, 5) is -0.482. The lowest BCUT2D eigenvalue weighted by Crippen LogP contribution is -2.40. The number of sulfonamides is 1. The number of benzene rings is 2. The Balaban J connectivity index is 1.99. The van der Waals surface area contributed by atoms with Crippen molar-refractivity contribution in [2.24, 2.45) is 0 Å². The summed E-state index contributed by atoms with van der Waals surface area (Å²) in [5, 5.41) is 0. The second-order valence-electron chi connectivity index (χ2n) is 7.92. The van der Waals surface area contributed by atoms with Gasteiger partial charge >= 0.3 is 0 Å². The summed E-state index contributed by atoms with van der Waals surface area (Å²) >= 11 is 0. The maximum atomic E-state index is 13.2. The molecule has 0 radical (unpaired) electrons. The molecule has 11 heteroatoms. The molecule has 0 aromatic heterocycles. The number of halogens is 1. The molecular weight excluding hydrogens is 465 g/mol. The van der Waals surface area contributed by atoms with Gasteiger partial charge in [-0.3, -0.25) is 9.11 Å². The Morgan fingerprint density at radius 2 is 1.52 bits per heavy atom. The lowest BCUT2D eigenvalue weighted by molar-refractivity contribution is 0.444. The predicted molar refractivity (Wildman–Crippen MR) is 118 cm³/mol. The zero-order chi connectivity index (χ0) is 23.0. The zero-order valence-corrected chi connectivity index (χ0v) is 19.6. The van der Waals surface area contributed by atoms with E-state index in [0.717, 1.165) is 30.3 Å². The zero-order valence-electron chi connectivity index (χ0n) is 17.2. The van der Waals surface area contributed by atoms with Crippen molar-refractivity contribution < 1.29 is 30.3 Å². The molecule has 3 rings (SSSR count). The van der Waals surface area contributed by atoms with E-state index in [-0.39, 0.29) is 45.0 Å². The van der Waals surface area contributed by atoms with Crippen molar-refractivity contribution in [3.8, 4) is 0 Å². The Bertz CT molecular complexity index is 1150. The van der Waals surface area contributed by atoms with Crippen LogP contribution in [0.15, 0.2) is 57.2 Å². The van der Waals surface area contributed by atoms with Crippen molar-refractivity contribution in [2.75, 3.05) is 11.5 Å². The molecule has 0 spiro atoms. The number of nitrogens with one attached hydrogen (secondary N) is 1. The molecule has 1 aliphatic rings. The van der Waals surface area contributed by atoms with Crippen LogP contribution in [-0.4, -0.2) is 43.5 Å². The van der Waals surface area contributed by atoms with Crippen LogP contribution in [0.3, 0.4) is 0 Å². The van der Waals surface area contributed by atoms with Crippen molar-refractivity contribution in [1.82, 2.24) is 4.72 Å². The minimum absolute atomic E-state index is 0.121. The lowest BCUT2D eigenvalue weighted by Gasteiger charge is -2.39. The minimum Gasteiger partial charge on any atom is -0.299 e. The molecule has 172 valence electrons. The Hall–Kier alpha value is -1.50. The molecule has 0 saturated carbocycles. The van der Waals surface area contributed by atoms with Gasteiger partial charge in [0.15, 0.2) is 0 Å². The SMILES string of the molecule is CC(C)c1ccc(S(=O)(=O)c2ccc(F)cc2)cc1S(=O)(=O)NC1CCS(O)(O)CC1. The fourth-order valence-corrected chi connectivity index (χ4v) is 8.04. The number of sulfone groups is 1. The summed E-state index contributed by atoms with van der Waals surface area (Å²) in [6.07, 6.45) is 0.568. The molecule has 1 saturated heterocycles. The van der Waals surface area contributed by atoms with Crippen molar-refractivity contribution in [1.29, 1.82) is 0 Å². The first kappa shape index (κ1) is 24.1. The maximum absolute atomic E-state index is 13.2. The van der Waals surface area contributed by atoms with Crippen LogP contribution in [0.1, 0.15) is 38.2 Å². The van der Waals surface area contributed by atoms with Gasteiger partial charge in [-0.1, -0.05) is 19.9 Å². The molecule has 0 aliphatic carbocycles. The molecule has 3 N–H and O–H groups in total. The summed E-state index contributed by atoms with van der Waals surface area (Å²) in [6, 6.07) is 7.82. The van der Waals surface area contributed by atoms with Crippen LogP contribution >= 0.6 is 10.6 Å². The van der Waals surface area contributed by atoms with E-state index in [1.165, 1.54) is 12.1 Å². The molecule has 1 heterocycles. The van der Waals surface area contributed by atoms with Crippen LogP contribution in [-0.2, 0) is 19.9 Å². The van der Waals surface area contributed by atoms with Crippen LogP contribution in [0, 0.1) is 5.82 Å². The maximum Gasteiger partial charge on any atom is 0.241 e. The van der Waals surface area contributed by atoms with Crippen LogP contribution in [0.5, 0.6) is 0 Å². The van der Waals surface area contributed by atoms with Gasteiger partial charge in [0.1, 0.15) is 5.82 Å². The Morgan fingerprint density at radius 3 is 2.06 bits per heavy atom. The lowest BCUT2D eigenvalue weighted by atomic mass is 10.0. The molecule has 1 fully saturated rings. The predicted octanol–water partition coefficient (Wildman–Crippen LogP) is 3.97. The third-order valence-corrected chi connectivity index (χ3v) is 10.4. The first-order chi connectivity index (χ1) is 14.3. The molecule has 0 amide bonds. The van der Waals surface area contributed by atoms with Gasteiger partial charge in [-0.25, -0.2) is 25.9 Å². The topological polar surface area (TPSA) is 121 Å². The van der Waals surface area contributed by atoms with Gasteiger partial charge in [-0.15, -0.1) is 0 Å². The van der Waals surface area contributed by atoms with E-state index in [1.54, 1.807) is 13.8 Å². The molecule has 0 bridgehead atoms. The first-order valence-electron chi connectivity index (χ1n) is 9.72. The summed E-state index contributed by atoms with van der Waals surface area (Å²) < 4.78 is 87.6. The smallest absolute Gasteiger partial charge is 0.241 e. The number of hydrogen-bond acceptors (Lipinski definition) is 6. The summed E-state index contributed by atoms with van der Waals surface area (Å²) in [5.41, 5.74) is 0.464. The van der Waals surface area contributed by atoms with Crippen molar-refractivity contribution in [3.05, 3.63) is 53.8 Å². The van der Waals surface area contributed by atoms with E-state index in [2.05, 4.69) is 4.72 Å². The second kappa shape index (κ2) is 8.80. The van der Waals surface area contributed by atoms with Gasteiger partial charge in [-0.2, -0.15) is 10.6 Å². The normalized spacial score (nSPS) is 18.8. The van der Waals surface area contributed by atoms with Gasteiger partial charge in [0.05, 0.1) is 14.7 Å². The first-order valence-corrected chi connectivity index (χ1v) is 14.6. The minimum atomic E-state index is -4.07. The van der Waals surface area contributed by atoms with Crippen molar-refractivity contribution >= 4 is 30.5 Å². The van der Waals surface area contributed by atoms with Crippen LogP contribution in [0.4, 0.5) is 4.39 Å². The van der Waals surface area contributed by atoms with Crippen LogP contribution < -0.4 is 4.72 Å². The molecule has 1 aliphatic heterocycles. The third kappa shape index (κ3) is 5.47. The fourth-order valence-electron chi connectivity index (χ4n) is 3.45. The number of hydrogen-bond donors (Lipinski definition) is 3. The summed E-state index contributed by atoms with van der Waals surface area (Å²) in [7, 11) is -10.8. The van der Waals surface area contributed by atoms with Gasteiger partial charge in [0.2, 0.25) is 19.9 Å². The van der Waals surface area contributed by atoms with E-state index in [4.69, 9.17) is 0 Å². The van der Waals surface area contributed by atoms with E-state index in [0.29, 0.717) is 5.56 Å². The monoisotopic (exact) mass is 491 g/mol. The largest absolute Gasteiger partial charge is 0.299 e. The van der Waals surface area contributed by atoms with Crippen molar-refractivity contribution in [2.45, 2.75) is 53.3 Å². The fraction of sp³-hybridized carbons (Fsp3) is 0.400. The van der Waals surface area contributed by atoms with Crippen LogP contribution in [0.25, 0.3) is 0 Å².